The summed E-state index contributed by atoms with van der Waals surface area (Å²) in [5.41, 5.74) is 3.64. The number of ether oxygens (including phenoxy) is 1. The molecule has 4 aromatic rings. The number of benzene rings is 2. The van der Waals surface area contributed by atoms with Crippen LogP contribution in [-0.4, -0.2) is 58.7 Å². The van der Waals surface area contributed by atoms with E-state index in [2.05, 4.69) is 15.0 Å². The number of carbonyl (C=O) groups is 1. The number of hydrogen-bond donors (Lipinski definition) is 0. The van der Waals surface area contributed by atoms with Gasteiger partial charge in [-0.25, -0.2) is 9.50 Å². The summed E-state index contributed by atoms with van der Waals surface area (Å²) in [6.07, 6.45) is 3.25. The number of carbonyl (C=O) groups excluding carboxylic acids is 1. The van der Waals surface area contributed by atoms with Gasteiger partial charge in [-0.15, -0.1) is 0 Å². The molecule has 5 rings (SSSR count). The Labute approximate surface area is 201 Å². The van der Waals surface area contributed by atoms with Crippen LogP contribution in [0.15, 0.2) is 60.9 Å². The summed E-state index contributed by atoms with van der Waals surface area (Å²) in [4.78, 5) is 21.9. The third-order valence-corrected chi connectivity index (χ3v) is 6.58. The van der Waals surface area contributed by atoms with Crippen molar-refractivity contribution in [1.82, 2.24) is 19.5 Å². The number of rotatable bonds is 4. The molecule has 0 atom stereocenters. The molecule has 0 unspecified atom stereocenters. The monoisotopic (exact) mass is 481 g/mol. The Balaban J connectivity index is 1.38. The van der Waals surface area contributed by atoms with Crippen LogP contribution < -0.4 is 9.64 Å². The fourth-order valence-corrected chi connectivity index (χ4v) is 4.43. The second-order valence-corrected chi connectivity index (χ2v) is 8.52. The number of para-hydroxylation sites is 2. The van der Waals surface area contributed by atoms with Crippen LogP contribution in [0.25, 0.3) is 16.9 Å². The first kappa shape index (κ1) is 21.6. The van der Waals surface area contributed by atoms with E-state index < -0.39 is 0 Å². The zero-order valence-corrected chi connectivity index (χ0v) is 19.4. The molecule has 1 saturated heterocycles. The van der Waals surface area contributed by atoms with Gasteiger partial charge in [-0.3, -0.25) is 4.79 Å². The van der Waals surface area contributed by atoms with Crippen molar-refractivity contribution in [1.29, 1.82) is 0 Å². The minimum Gasteiger partial charge on any atom is -0.495 e. The summed E-state index contributed by atoms with van der Waals surface area (Å²) >= 11 is 12.3. The van der Waals surface area contributed by atoms with Gasteiger partial charge < -0.3 is 14.5 Å². The lowest BCUT2D eigenvalue weighted by Gasteiger charge is -2.36. The van der Waals surface area contributed by atoms with Gasteiger partial charge >= 0.3 is 0 Å². The lowest BCUT2D eigenvalue weighted by Crippen LogP contribution is -2.48. The average molecular weight is 482 g/mol. The Bertz CT molecular complexity index is 1330. The molecule has 1 amide bonds. The van der Waals surface area contributed by atoms with Gasteiger partial charge in [-0.05, 0) is 30.3 Å². The number of methoxy groups -OCH3 is 1. The maximum absolute atomic E-state index is 13.3. The number of anilines is 1. The van der Waals surface area contributed by atoms with E-state index in [4.69, 9.17) is 27.9 Å². The first-order chi connectivity index (χ1) is 16.1. The van der Waals surface area contributed by atoms with Crippen LogP contribution in [0.4, 0.5) is 5.69 Å². The molecule has 1 aliphatic rings. The second-order valence-electron chi connectivity index (χ2n) is 7.70. The van der Waals surface area contributed by atoms with Crippen molar-refractivity contribution < 1.29 is 9.53 Å². The smallest absolute Gasteiger partial charge is 0.259 e. The van der Waals surface area contributed by atoms with Crippen molar-refractivity contribution in [3.05, 3.63) is 76.5 Å². The van der Waals surface area contributed by atoms with Gasteiger partial charge in [0.1, 0.15) is 11.3 Å². The predicted molar refractivity (Wildman–Crippen MR) is 130 cm³/mol. The molecule has 0 saturated carbocycles. The van der Waals surface area contributed by atoms with E-state index in [1.165, 1.54) is 0 Å². The van der Waals surface area contributed by atoms with E-state index in [0.717, 1.165) is 22.7 Å². The SMILES string of the molecule is COc1ccccc1N1CCN(C(=O)c2cnn3c(-c4ccc(Cl)c(Cl)c4)ccnc23)CC1. The molecule has 1 fully saturated rings. The Kier molecular flexibility index (Phi) is 5.83. The molecule has 168 valence electrons. The van der Waals surface area contributed by atoms with Crippen molar-refractivity contribution in [2.24, 2.45) is 0 Å². The zero-order valence-electron chi connectivity index (χ0n) is 17.9. The fourth-order valence-electron chi connectivity index (χ4n) is 4.13. The molecule has 0 N–H and O–H groups in total. The van der Waals surface area contributed by atoms with E-state index in [1.807, 2.05) is 41.3 Å². The number of piperazine rings is 1. The normalized spacial score (nSPS) is 14.0. The van der Waals surface area contributed by atoms with Crippen LogP contribution in [0.2, 0.25) is 10.0 Å². The summed E-state index contributed by atoms with van der Waals surface area (Å²) in [5, 5.41) is 5.39. The van der Waals surface area contributed by atoms with Crippen LogP contribution in [0, 0.1) is 0 Å². The minimum absolute atomic E-state index is 0.0801. The van der Waals surface area contributed by atoms with Crippen molar-refractivity contribution in [3.63, 3.8) is 0 Å². The first-order valence-corrected chi connectivity index (χ1v) is 11.3. The number of fused-ring (bicyclic) bond motifs is 1. The van der Waals surface area contributed by atoms with E-state index in [9.17, 15) is 4.79 Å². The zero-order chi connectivity index (χ0) is 22.9. The highest BCUT2D eigenvalue weighted by molar-refractivity contribution is 6.42. The highest BCUT2D eigenvalue weighted by Gasteiger charge is 2.26. The lowest BCUT2D eigenvalue weighted by atomic mass is 10.1. The Morgan fingerprint density at radius 3 is 2.55 bits per heavy atom. The van der Waals surface area contributed by atoms with Crippen molar-refractivity contribution in [3.8, 4) is 17.0 Å². The molecule has 2 aromatic heterocycles. The van der Waals surface area contributed by atoms with Crippen LogP contribution in [0.5, 0.6) is 5.75 Å². The van der Waals surface area contributed by atoms with E-state index in [0.29, 0.717) is 47.4 Å². The van der Waals surface area contributed by atoms with Gasteiger partial charge in [0.05, 0.1) is 34.7 Å². The summed E-state index contributed by atoms with van der Waals surface area (Å²) in [7, 11) is 1.67. The van der Waals surface area contributed by atoms with Crippen LogP contribution in [-0.2, 0) is 0 Å². The summed E-state index contributed by atoms with van der Waals surface area (Å²) in [6.45, 7) is 2.63. The molecular weight excluding hydrogens is 461 g/mol. The fraction of sp³-hybridized carbons (Fsp3) is 0.208. The third-order valence-electron chi connectivity index (χ3n) is 5.84. The van der Waals surface area contributed by atoms with Crippen molar-refractivity contribution >= 4 is 40.4 Å². The predicted octanol–water partition coefficient (Wildman–Crippen LogP) is 4.67. The lowest BCUT2D eigenvalue weighted by molar-refractivity contribution is 0.0748. The molecule has 33 heavy (non-hydrogen) atoms. The van der Waals surface area contributed by atoms with Gasteiger partial charge in [0.15, 0.2) is 5.65 Å². The molecule has 1 aliphatic heterocycles. The maximum atomic E-state index is 13.3. The van der Waals surface area contributed by atoms with Crippen molar-refractivity contribution in [2.45, 2.75) is 0 Å². The van der Waals surface area contributed by atoms with Crippen LogP contribution in [0.3, 0.4) is 0 Å². The first-order valence-electron chi connectivity index (χ1n) is 10.5. The van der Waals surface area contributed by atoms with E-state index >= 15 is 0 Å². The second kappa shape index (κ2) is 8.92. The topological polar surface area (TPSA) is 63.0 Å². The van der Waals surface area contributed by atoms with Crippen molar-refractivity contribution in [2.75, 3.05) is 38.2 Å². The van der Waals surface area contributed by atoms with Gasteiger partial charge in [0.25, 0.3) is 5.91 Å². The molecule has 0 spiro atoms. The standard InChI is InChI=1S/C24H21Cl2N5O2/c1-33-22-5-3-2-4-21(22)29-10-12-30(13-11-29)24(32)17-15-28-31-20(8-9-27-23(17)31)16-6-7-18(25)19(26)14-16/h2-9,14-15H,10-13H2,1H3. The third kappa shape index (κ3) is 3.98. The molecular formula is C24H21Cl2N5O2. The highest BCUT2D eigenvalue weighted by atomic mass is 35.5. The Hall–Kier alpha value is -3.29. The Morgan fingerprint density at radius 2 is 1.79 bits per heavy atom. The molecule has 3 heterocycles. The molecule has 0 radical (unpaired) electrons. The quantitative estimate of drug-likeness (QED) is 0.423. The Morgan fingerprint density at radius 1 is 1.00 bits per heavy atom. The van der Waals surface area contributed by atoms with Gasteiger partial charge in [-0.2, -0.15) is 5.10 Å². The molecule has 9 heteroatoms. The number of nitrogens with zero attached hydrogens (tertiary/aromatic N) is 5. The summed E-state index contributed by atoms with van der Waals surface area (Å²) in [5.74, 6) is 0.752. The molecule has 2 aromatic carbocycles. The van der Waals surface area contributed by atoms with Crippen LogP contribution >= 0.6 is 23.2 Å². The van der Waals surface area contributed by atoms with E-state index in [1.54, 1.807) is 36.2 Å². The van der Waals surface area contributed by atoms with Gasteiger partial charge in [0.2, 0.25) is 0 Å². The number of hydrogen-bond acceptors (Lipinski definition) is 5. The molecule has 0 bridgehead atoms. The number of aromatic nitrogens is 3. The van der Waals surface area contributed by atoms with E-state index in [-0.39, 0.29) is 5.91 Å². The average Bonchev–Trinajstić information content (AvgIpc) is 3.30. The largest absolute Gasteiger partial charge is 0.495 e. The molecule has 0 aliphatic carbocycles. The number of amides is 1. The van der Waals surface area contributed by atoms with Gasteiger partial charge in [-0.1, -0.05) is 41.4 Å². The molecule has 7 nitrogen and oxygen atoms in total. The summed E-state index contributed by atoms with van der Waals surface area (Å²) in [6, 6.07) is 15.1. The maximum Gasteiger partial charge on any atom is 0.259 e. The number of halogens is 2. The highest BCUT2D eigenvalue weighted by Crippen LogP contribution is 2.30. The summed E-state index contributed by atoms with van der Waals surface area (Å²) < 4.78 is 7.15. The van der Waals surface area contributed by atoms with Gasteiger partial charge in [0, 0.05) is 37.9 Å². The van der Waals surface area contributed by atoms with Crippen LogP contribution in [0.1, 0.15) is 10.4 Å². The minimum atomic E-state index is -0.0801.